The molecule has 0 unspecified atom stereocenters. The Morgan fingerprint density at radius 3 is 2.43 bits per heavy atom. The van der Waals surface area contributed by atoms with E-state index in [1.807, 2.05) is 0 Å². The van der Waals surface area contributed by atoms with Crippen LogP contribution in [-0.2, 0) is 4.74 Å². The minimum absolute atomic E-state index is 0.0588. The topological polar surface area (TPSA) is 84.5 Å². The number of rotatable bonds is 5. The summed E-state index contributed by atoms with van der Waals surface area (Å²) in [5, 5.41) is 5.85. The first-order valence-electron chi connectivity index (χ1n) is 8.65. The number of hydrogen-bond donors (Lipinski definition) is 2. The summed E-state index contributed by atoms with van der Waals surface area (Å²) in [5.41, 5.74) is 0.955. The van der Waals surface area contributed by atoms with E-state index < -0.39 is 23.6 Å². The second kappa shape index (κ2) is 9.06. The van der Waals surface area contributed by atoms with Crippen molar-refractivity contribution < 1.29 is 23.5 Å². The third kappa shape index (κ3) is 4.67. The fraction of sp³-hybridized carbons (Fsp3) is 0.0952. The largest absolute Gasteiger partial charge is 0.465 e. The fourth-order valence-corrected chi connectivity index (χ4v) is 4.00. The summed E-state index contributed by atoms with van der Waals surface area (Å²) in [6.07, 6.45) is 0. The normalized spacial score (nSPS) is 10.4. The lowest BCUT2D eigenvalue weighted by atomic mass is 10.1. The highest BCUT2D eigenvalue weighted by Gasteiger charge is 2.26. The molecule has 3 aromatic rings. The van der Waals surface area contributed by atoms with Gasteiger partial charge in [-0.3, -0.25) is 9.59 Å². The fourth-order valence-electron chi connectivity index (χ4n) is 2.73. The number of halogens is 2. The van der Waals surface area contributed by atoms with Crippen LogP contribution < -0.4 is 10.6 Å². The zero-order valence-corrected chi connectivity index (χ0v) is 17.5. The molecule has 2 amide bonds. The molecule has 0 fully saturated rings. The highest BCUT2D eigenvalue weighted by Crippen LogP contribution is 2.34. The predicted octanol–water partition coefficient (Wildman–Crippen LogP) is 5.14. The Labute approximate surface area is 180 Å². The van der Waals surface area contributed by atoms with Crippen LogP contribution in [0.3, 0.4) is 0 Å². The van der Waals surface area contributed by atoms with Gasteiger partial charge in [-0.15, -0.1) is 11.3 Å². The van der Waals surface area contributed by atoms with Crippen LogP contribution in [0.25, 0.3) is 0 Å². The van der Waals surface area contributed by atoms with Crippen LogP contribution in [0.1, 0.15) is 36.0 Å². The smallest absolute Gasteiger partial charge is 0.341 e. The molecule has 0 aliphatic rings. The SMILES string of the molecule is COC(=O)c1c(NC(=O)c2cccc(F)c2)sc(C(=O)Nc2cccc(Cl)c2)c1C. The molecular weight excluding hydrogens is 431 g/mol. The molecule has 0 aliphatic heterocycles. The van der Waals surface area contributed by atoms with Crippen molar-refractivity contribution in [3.05, 3.63) is 80.9 Å². The highest BCUT2D eigenvalue weighted by molar-refractivity contribution is 7.19. The lowest BCUT2D eigenvalue weighted by Crippen LogP contribution is -2.14. The summed E-state index contributed by atoms with van der Waals surface area (Å²) in [4.78, 5) is 37.8. The lowest BCUT2D eigenvalue weighted by molar-refractivity contribution is 0.0601. The van der Waals surface area contributed by atoms with Crippen LogP contribution in [0.2, 0.25) is 5.02 Å². The van der Waals surface area contributed by atoms with Gasteiger partial charge in [0.1, 0.15) is 10.8 Å². The molecule has 0 saturated carbocycles. The first-order valence-corrected chi connectivity index (χ1v) is 9.85. The molecule has 30 heavy (non-hydrogen) atoms. The first-order chi connectivity index (χ1) is 14.3. The number of benzene rings is 2. The van der Waals surface area contributed by atoms with E-state index in [2.05, 4.69) is 10.6 Å². The Bertz CT molecular complexity index is 1150. The Hall–Kier alpha value is -3.23. The first kappa shape index (κ1) is 21.5. The van der Waals surface area contributed by atoms with Gasteiger partial charge < -0.3 is 15.4 Å². The summed E-state index contributed by atoms with van der Waals surface area (Å²) in [6.45, 7) is 1.58. The maximum absolute atomic E-state index is 13.4. The summed E-state index contributed by atoms with van der Waals surface area (Å²) in [6, 6.07) is 11.7. The van der Waals surface area contributed by atoms with Gasteiger partial charge in [-0.05, 0) is 48.9 Å². The molecule has 1 aromatic heterocycles. The van der Waals surface area contributed by atoms with Crippen molar-refractivity contribution in [1.82, 2.24) is 0 Å². The molecule has 0 atom stereocenters. The van der Waals surface area contributed by atoms with E-state index in [9.17, 15) is 18.8 Å². The number of ether oxygens (including phenoxy) is 1. The van der Waals surface area contributed by atoms with Gasteiger partial charge >= 0.3 is 5.97 Å². The number of nitrogens with one attached hydrogen (secondary N) is 2. The van der Waals surface area contributed by atoms with Crippen molar-refractivity contribution in [2.75, 3.05) is 17.7 Å². The van der Waals surface area contributed by atoms with E-state index >= 15 is 0 Å². The van der Waals surface area contributed by atoms with Crippen LogP contribution >= 0.6 is 22.9 Å². The number of anilines is 2. The third-order valence-corrected chi connectivity index (χ3v) is 5.58. The molecule has 0 bridgehead atoms. The molecule has 0 aliphatic carbocycles. The van der Waals surface area contributed by atoms with E-state index in [1.165, 1.54) is 25.3 Å². The number of hydrogen-bond acceptors (Lipinski definition) is 5. The van der Waals surface area contributed by atoms with Gasteiger partial charge in [-0.2, -0.15) is 0 Å². The number of carbonyl (C=O) groups is 3. The summed E-state index contributed by atoms with van der Waals surface area (Å²) < 4.78 is 18.2. The van der Waals surface area contributed by atoms with Crippen molar-refractivity contribution >= 4 is 51.4 Å². The van der Waals surface area contributed by atoms with E-state index in [1.54, 1.807) is 31.2 Å². The standard InChI is InChI=1S/C21H16ClFN2O4S/c1-11-16(21(28)29-2)20(25-18(26)12-5-3-7-14(23)9-12)30-17(11)19(27)24-15-8-4-6-13(22)10-15/h3-10H,1-2H3,(H,24,27)(H,25,26). The number of methoxy groups -OCH3 is 1. The quantitative estimate of drug-likeness (QED) is 0.531. The van der Waals surface area contributed by atoms with E-state index in [0.29, 0.717) is 16.3 Å². The highest BCUT2D eigenvalue weighted by atomic mass is 35.5. The van der Waals surface area contributed by atoms with Gasteiger partial charge in [-0.1, -0.05) is 23.7 Å². The van der Waals surface area contributed by atoms with Gasteiger partial charge in [0.15, 0.2) is 0 Å². The Morgan fingerprint density at radius 1 is 1.03 bits per heavy atom. The monoisotopic (exact) mass is 446 g/mol. The van der Waals surface area contributed by atoms with Crippen LogP contribution in [0, 0.1) is 12.7 Å². The zero-order chi connectivity index (χ0) is 21.8. The van der Waals surface area contributed by atoms with E-state index in [4.69, 9.17) is 16.3 Å². The van der Waals surface area contributed by atoms with Gasteiger partial charge in [-0.25, -0.2) is 9.18 Å². The zero-order valence-electron chi connectivity index (χ0n) is 15.9. The number of thiophene rings is 1. The molecule has 6 nitrogen and oxygen atoms in total. The molecule has 0 saturated heterocycles. The number of carbonyl (C=O) groups excluding carboxylic acids is 3. The molecule has 9 heteroatoms. The molecule has 2 aromatic carbocycles. The molecule has 2 N–H and O–H groups in total. The van der Waals surface area contributed by atoms with Gasteiger partial charge in [0.25, 0.3) is 11.8 Å². The van der Waals surface area contributed by atoms with Gasteiger partial charge in [0.2, 0.25) is 0 Å². The minimum atomic E-state index is -0.708. The average Bonchev–Trinajstić information content (AvgIpc) is 3.03. The van der Waals surface area contributed by atoms with Crippen LogP contribution in [0.5, 0.6) is 0 Å². The summed E-state index contributed by atoms with van der Waals surface area (Å²) in [5.74, 6) is -2.38. The van der Waals surface area contributed by atoms with Crippen molar-refractivity contribution in [3.8, 4) is 0 Å². The predicted molar refractivity (Wildman–Crippen MR) is 114 cm³/mol. The van der Waals surface area contributed by atoms with Crippen LogP contribution in [0.15, 0.2) is 48.5 Å². The molecule has 0 radical (unpaired) electrons. The second-order valence-corrected chi connectivity index (χ2v) is 7.64. The van der Waals surface area contributed by atoms with Crippen LogP contribution in [-0.4, -0.2) is 24.9 Å². The Morgan fingerprint density at radius 2 is 1.77 bits per heavy atom. The van der Waals surface area contributed by atoms with Gasteiger partial charge in [0, 0.05) is 16.3 Å². The molecule has 1 heterocycles. The van der Waals surface area contributed by atoms with Crippen molar-refractivity contribution in [2.45, 2.75) is 6.92 Å². The Balaban J connectivity index is 1.94. The minimum Gasteiger partial charge on any atom is -0.465 e. The van der Waals surface area contributed by atoms with E-state index in [-0.39, 0.29) is 21.0 Å². The maximum Gasteiger partial charge on any atom is 0.341 e. The van der Waals surface area contributed by atoms with Crippen molar-refractivity contribution in [1.29, 1.82) is 0 Å². The molecular formula is C21H16ClFN2O4S. The van der Waals surface area contributed by atoms with Crippen LogP contribution in [0.4, 0.5) is 15.1 Å². The lowest BCUT2D eigenvalue weighted by Gasteiger charge is -2.06. The summed E-state index contributed by atoms with van der Waals surface area (Å²) in [7, 11) is 1.20. The summed E-state index contributed by atoms with van der Waals surface area (Å²) >= 11 is 6.85. The average molecular weight is 447 g/mol. The second-order valence-electron chi connectivity index (χ2n) is 6.18. The molecule has 0 spiro atoms. The van der Waals surface area contributed by atoms with Crippen molar-refractivity contribution in [3.63, 3.8) is 0 Å². The maximum atomic E-state index is 13.4. The van der Waals surface area contributed by atoms with Gasteiger partial charge in [0.05, 0.1) is 17.6 Å². The van der Waals surface area contributed by atoms with Crippen molar-refractivity contribution in [2.24, 2.45) is 0 Å². The number of esters is 1. The third-order valence-electron chi connectivity index (χ3n) is 4.14. The molecule has 3 rings (SSSR count). The number of amides is 2. The molecule has 154 valence electrons. The van der Waals surface area contributed by atoms with E-state index in [0.717, 1.165) is 17.4 Å². The Kier molecular flexibility index (Phi) is 6.49.